The first-order valence-electron chi connectivity index (χ1n) is 6.94. The molecule has 1 fully saturated rings. The van der Waals surface area contributed by atoms with Crippen LogP contribution in [0.15, 0.2) is 29.2 Å². The average molecular weight is 282 g/mol. The van der Waals surface area contributed by atoms with Crippen LogP contribution in [0.4, 0.5) is 0 Å². The van der Waals surface area contributed by atoms with Crippen molar-refractivity contribution in [2.75, 3.05) is 13.1 Å². The zero-order chi connectivity index (χ0) is 13.7. The van der Waals surface area contributed by atoms with Crippen molar-refractivity contribution in [3.8, 4) is 0 Å². The van der Waals surface area contributed by atoms with Crippen molar-refractivity contribution < 1.29 is 8.42 Å². The lowest BCUT2D eigenvalue weighted by Gasteiger charge is -2.23. The molecule has 5 heteroatoms. The van der Waals surface area contributed by atoms with Gasteiger partial charge in [-0.1, -0.05) is 25.5 Å². The van der Waals surface area contributed by atoms with Crippen LogP contribution in [0, 0.1) is 0 Å². The van der Waals surface area contributed by atoms with E-state index < -0.39 is 10.0 Å². The van der Waals surface area contributed by atoms with Gasteiger partial charge in [0, 0.05) is 12.6 Å². The second-order valence-corrected chi connectivity index (χ2v) is 6.77. The molecule has 106 valence electrons. The van der Waals surface area contributed by atoms with Gasteiger partial charge in [0.2, 0.25) is 10.0 Å². The highest BCUT2D eigenvalue weighted by Gasteiger charge is 2.21. The third kappa shape index (κ3) is 4.03. The molecule has 0 aromatic heterocycles. The standard InChI is InChI=1S/C14H22N2O2S/c1-2-4-12-6-8-14(9-7-12)19(17,18)16-13-5-3-10-15-11-13/h6-9,13,15-16H,2-5,10-11H2,1H3. The van der Waals surface area contributed by atoms with Crippen molar-refractivity contribution in [1.29, 1.82) is 0 Å². The lowest BCUT2D eigenvalue weighted by Crippen LogP contribution is -2.45. The molecule has 1 aliphatic rings. The van der Waals surface area contributed by atoms with Gasteiger partial charge in [-0.25, -0.2) is 13.1 Å². The Hall–Kier alpha value is -0.910. The molecule has 19 heavy (non-hydrogen) atoms. The van der Waals surface area contributed by atoms with Gasteiger partial charge in [0.1, 0.15) is 0 Å². The number of hydrogen-bond acceptors (Lipinski definition) is 3. The quantitative estimate of drug-likeness (QED) is 0.863. The fourth-order valence-electron chi connectivity index (χ4n) is 2.36. The van der Waals surface area contributed by atoms with E-state index in [4.69, 9.17) is 0 Å². The lowest BCUT2D eigenvalue weighted by atomic mass is 10.1. The molecule has 1 unspecified atom stereocenters. The molecule has 4 nitrogen and oxygen atoms in total. The van der Waals surface area contributed by atoms with Gasteiger partial charge < -0.3 is 5.32 Å². The zero-order valence-corrected chi connectivity index (χ0v) is 12.2. The van der Waals surface area contributed by atoms with Crippen molar-refractivity contribution in [1.82, 2.24) is 10.0 Å². The largest absolute Gasteiger partial charge is 0.315 e. The highest BCUT2D eigenvalue weighted by molar-refractivity contribution is 7.89. The Morgan fingerprint density at radius 2 is 2.05 bits per heavy atom. The fraction of sp³-hybridized carbons (Fsp3) is 0.571. The van der Waals surface area contributed by atoms with Gasteiger partial charge in [0.15, 0.2) is 0 Å². The predicted octanol–water partition coefficient (Wildman–Crippen LogP) is 1.67. The van der Waals surface area contributed by atoms with E-state index in [1.165, 1.54) is 5.56 Å². The second-order valence-electron chi connectivity index (χ2n) is 5.06. The molecule has 0 saturated carbocycles. The normalized spacial score (nSPS) is 20.4. The number of hydrogen-bond donors (Lipinski definition) is 2. The molecule has 1 aliphatic heterocycles. The minimum Gasteiger partial charge on any atom is -0.315 e. The molecule has 2 rings (SSSR count). The highest BCUT2D eigenvalue weighted by atomic mass is 32.2. The van der Waals surface area contributed by atoms with E-state index in [1.807, 2.05) is 12.1 Å². The first-order chi connectivity index (χ1) is 9.12. The summed E-state index contributed by atoms with van der Waals surface area (Å²) < 4.78 is 27.2. The van der Waals surface area contributed by atoms with Gasteiger partial charge >= 0.3 is 0 Å². The smallest absolute Gasteiger partial charge is 0.240 e. The number of rotatable bonds is 5. The maximum Gasteiger partial charge on any atom is 0.240 e. The van der Waals surface area contributed by atoms with Crippen molar-refractivity contribution in [2.24, 2.45) is 0 Å². The third-order valence-electron chi connectivity index (χ3n) is 3.39. The van der Waals surface area contributed by atoms with Gasteiger partial charge in [-0.2, -0.15) is 0 Å². The van der Waals surface area contributed by atoms with Gasteiger partial charge in [0.25, 0.3) is 0 Å². The molecular weight excluding hydrogens is 260 g/mol. The summed E-state index contributed by atoms with van der Waals surface area (Å²) in [5.41, 5.74) is 1.18. The molecule has 0 bridgehead atoms. The zero-order valence-electron chi connectivity index (χ0n) is 11.4. The first-order valence-corrected chi connectivity index (χ1v) is 8.42. The molecule has 0 amide bonds. The Morgan fingerprint density at radius 1 is 1.32 bits per heavy atom. The fourth-order valence-corrected chi connectivity index (χ4v) is 3.63. The minimum atomic E-state index is -3.38. The van der Waals surface area contributed by atoms with Crippen molar-refractivity contribution in [2.45, 2.75) is 43.5 Å². The van der Waals surface area contributed by atoms with Crippen LogP contribution in [0.3, 0.4) is 0 Å². The van der Waals surface area contributed by atoms with E-state index in [2.05, 4.69) is 17.0 Å². The van der Waals surface area contributed by atoms with Crippen LogP contribution in [0.1, 0.15) is 31.7 Å². The Labute approximate surface area is 115 Å². The van der Waals surface area contributed by atoms with Crippen LogP contribution in [0.25, 0.3) is 0 Å². The highest BCUT2D eigenvalue weighted by Crippen LogP contribution is 2.13. The van der Waals surface area contributed by atoms with Crippen LogP contribution in [0.2, 0.25) is 0 Å². The first kappa shape index (κ1) is 14.5. The average Bonchev–Trinajstić information content (AvgIpc) is 2.40. The summed E-state index contributed by atoms with van der Waals surface area (Å²) in [6.07, 6.45) is 3.97. The molecule has 1 aromatic rings. The summed E-state index contributed by atoms with van der Waals surface area (Å²) in [4.78, 5) is 0.359. The van der Waals surface area contributed by atoms with Crippen molar-refractivity contribution >= 4 is 10.0 Å². The molecule has 1 saturated heterocycles. The molecule has 0 spiro atoms. The summed E-state index contributed by atoms with van der Waals surface area (Å²) in [7, 11) is -3.38. The Morgan fingerprint density at radius 3 is 2.63 bits per heavy atom. The molecule has 0 radical (unpaired) electrons. The van der Waals surface area contributed by atoms with Crippen molar-refractivity contribution in [3.63, 3.8) is 0 Å². The van der Waals surface area contributed by atoms with Crippen LogP contribution in [0.5, 0.6) is 0 Å². The molecule has 0 aliphatic carbocycles. The van der Waals surface area contributed by atoms with E-state index in [0.29, 0.717) is 11.4 Å². The monoisotopic (exact) mass is 282 g/mol. The third-order valence-corrected chi connectivity index (χ3v) is 4.93. The van der Waals surface area contributed by atoms with E-state index >= 15 is 0 Å². The second kappa shape index (κ2) is 6.50. The summed E-state index contributed by atoms with van der Waals surface area (Å²) in [5, 5.41) is 3.21. The van der Waals surface area contributed by atoms with Crippen LogP contribution >= 0.6 is 0 Å². The topological polar surface area (TPSA) is 58.2 Å². The van der Waals surface area contributed by atoms with Gasteiger partial charge in [0.05, 0.1) is 4.90 Å². The number of benzene rings is 1. The van der Waals surface area contributed by atoms with Crippen molar-refractivity contribution in [3.05, 3.63) is 29.8 Å². The Balaban J connectivity index is 2.05. The lowest BCUT2D eigenvalue weighted by molar-refractivity contribution is 0.428. The van der Waals surface area contributed by atoms with Crippen LogP contribution in [-0.2, 0) is 16.4 Å². The minimum absolute atomic E-state index is 0.00840. The Kier molecular flexibility index (Phi) is 4.96. The molecule has 1 aromatic carbocycles. The number of piperidine rings is 1. The van der Waals surface area contributed by atoms with Gasteiger partial charge in [-0.15, -0.1) is 0 Å². The molecule has 2 N–H and O–H groups in total. The number of nitrogens with one attached hydrogen (secondary N) is 2. The summed E-state index contributed by atoms with van der Waals surface area (Å²) in [6.45, 7) is 3.80. The van der Waals surface area contributed by atoms with E-state index in [9.17, 15) is 8.42 Å². The predicted molar refractivity (Wildman–Crippen MR) is 76.7 cm³/mol. The summed E-state index contributed by atoms with van der Waals surface area (Å²) in [5.74, 6) is 0. The number of aryl methyl sites for hydroxylation is 1. The van der Waals surface area contributed by atoms with Gasteiger partial charge in [-0.05, 0) is 43.5 Å². The molecule has 1 atom stereocenters. The number of sulfonamides is 1. The van der Waals surface area contributed by atoms with E-state index in [0.717, 1.165) is 32.2 Å². The maximum atomic E-state index is 12.2. The SMILES string of the molecule is CCCc1ccc(S(=O)(=O)NC2CCCNC2)cc1. The van der Waals surface area contributed by atoms with E-state index in [1.54, 1.807) is 12.1 Å². The summed E-state index contributed by atoms with van der Waals surface area (Å²) in [6, 6.07) is 7.20. The maximum absolute atomic E-state index is 12.2. The summed E-state index contributed by atoms with van der Waals surface area (Å²) >= 11 is 0. The van der Waals surface area contributed by atoms with Gasteiger partial charge in [-0.3, -0.25) is 0 Å². The molecule has 1 heterocycles. The Bertz CT molecular complexity index is 491. The van der Waals surface area contributed by atoms with Crippen LogP contribution in [-0.4, -0.2) is 27.5 Å². The molecular formula is C14H22N2O2S. The van der Waals surface area contributed by atoms with E-state index in [-0.39, 0.29) is 6.04 Å². The van der Waals surface area contributed by atoms with Crippen LogP contribution < -0.4 is 10.0 Å².